The first kappa shape index (κ1) is 8.69. The average molecular weight is 187 g/mol. The van der Waals surface area contributed by atoms with Crippen molar-refractivity contribution in [2.45, 2.75) is 6.92 Å². The third-order valence-corrected chi connectivity index (χ3v) is 1.99. The minimum Gasteiger partial charge on any atom is -0.461 e. The number of nitrogens with zero attached hydrogens (tertiary/aromatic N) is 1. The lowest BCUT2D eigenvalue weighted by Crippen LogP contribution is -1.84. The van der Waals surface area contributed by atoms with E-state index in [-0.39, 0.29) is 0 Å². The molecule has 0 saturated carbocycles. The predicted octanol–water partition coefficient (Wildman–Crippen LogP) is 2.46. The topological polar surface area (TPSA) is 43.1 Å². The average Bonchev–Trinajstić information content (AvgIpc) is 2.65. The zero-order chi connectivity index (χ0) is 9.97. The Balaban J connectivity index is 2.54. The van der Waals surface area contributed by atoms with E-state index in [2.05, 4.69) is 4.98 Å². The highest BCUT2D eigenvalue weighted by atomic mass is 16.3. The first-order chi connectivity index (χ1) is 6.81. The third kappa shape index (κ3) is 1.44. The van der Waals surface area contributed by atoms with Crippen molar-refractivity contribution in [3.05, 3.63) is 42.1 Å². The molecule has 0 aliphatic heterocycles. The first-order valence-electron chi connectivity index (χ1n) is 4.26. The minimum absolute atomic E-state index is 0.345. The Morgan fingerprint density at radius 3 is 3.00 bits per heavy atom. The number of carbonyl (C=O) groups excluding carboxylic acids is 1. The van der Waals surface area contributed by atoms with Crippen LogP contribution in [0.5, 0.6) is 0 Å². The van der Waals surface area contributed by atoms with Crippen molar-refractivity contribution in [3.63, 3.8) is 0 Å². The number of rotatable bonds is 2. The molecule has 0 amide bonds. The largest absolute Gasteiger partial charge is 0.461 e. The molecule has 0 fully saturated rings. The van der Waals surface area contributed by atoms with Crippen LogP contribution >= 0.6 is 0 Å². The molecule has 0 aliphatic carbocycles. The molecular formula is C11H9NO2. The number of furan rings is 1. The maximum atomic E-state index is 10.6. The number of aryl methyl sites for hydroxylation is 1. The van der Waals surface area contributed by atoms with Crippen molar-refractivity contribution in [1.29, 1.82) is 0 Å². The van der Waals surface area contributed by atoms with E-state index < -0.39 is 0 Å². The van der Waals surface area contributed by atoms with Crippen LogP contribution < -0.4 is 0 Å². The molecule has 2 aromatic rings. The highest BCUT2D eigenvalue weighted by Gasteiger charge is 2.07. The van der Waals surface area contributed by atoms with Gasteiger partial charge in [-0.15, -0.1) is 0 Å². The highest BCUT2D eigenvalue weighted by molar-refractivity contribution is 5.84. The van der Waals surface area contributed by atoms with Crippen LogP contribution in [0.4, 0.5) is 0 Å². The molecule has 0 aromatic carbocycles. The Kier molecular flexibility index (Phi) is 2.14. The van der Waals surface area contributed by atoms with Gasteiger partial charge >= 0.3 is 0 Å². The lowest BCUT2D eigenvalue weighted by atomic mass is 10.1. The fraction of sp³-hybridized carbons (Fsp3) is 0.0909. The summed E-state index contributed by atoms with van der Waals surface area (Å²) in [5, 5.41) is 0. The summed E-state index contributed by atoms with van der Waals surface area (Å²) >= 11 is 0. The summed E-state index contributed by atoms with van der Waals surface area (Å²) in [4.78, 5) is 14.7. The van der Waals surface area contributed by atoms with E-state index in [1.54, 1.807) is 18.5 Å². The van der Waals surface area contributed by atoms with Gasteiger partial charge in [0.2, 0.25) is 0 Å². The zero-order valence-corrected chi connectivity index (χ0v) is 7.73. The van der Waals surface area contributed by atoms with Gasteiger partial charge in [0.15, 0.2) is 12.0 Å². The molecule has 0 aliphatic rings. The second-order valence-electron chi connectivity index (χ2n) is 3.07. The molecule has 3 heteroatoms. The molecule has 0 bridgehead atoms. The Morgan fingerprint density at radius 1 is 1.43 bits per heavy atom. The number of pyridine rings is 1. The fourth-order valence-electron chi connectivity index (χ4n) is 1.35. The van der Waals surface area contributed by atoms with Gasteiger partial charge in [-0.1, -0.05) is 0 Å². The second kappa shape index (κ2) is 3.46. The molecule has 70 valence electrons. The first-order valence-corrected chi connectivity index (χ1v) is 4.26. The molecule has 14 heavy (non-hydrogen) atoms. The van der Waals surface area contributed by atoms with Gasteiger partial charge in [-0.3, -0.25) is 9.78 Å². The third-order valence-electron chi connectivity index (χ3n) is 1.99. The van der Waals surface area contributed by atoms with Gasteiger partial charge in [0, 0.05) is 23.5 Å². The SMILES string of the molecule is Cc1cncc(-c2ccoc2C=O)c1. The number of hydrogen-bond donors (Lipinski definition) is 0. The van der Waals surface area contributed by atoms with Crippen LogP contribution in [0, 0.1) is 6.92 Å². The predicted molar refractivity (Wildman–Crippen MR) is 52.1 cm³/mol. The number of aromatic nitrogens is 1. The van der Waals surface area contributed by atoms with Crippen molar-refractivity contribution in [2.75, 3.05) is 0 Å². The van der Waals surface area contributed by atoms with Gasteiger partial charge in [0.25, 0.3) is 0 Å². The maximum Gasteiger partial charge on any atom is 0.185 e. The molecule has 0 unspecified atom stereocenters. The minimum atomic E-state index is 0.345. The van der Waals surface area contributed by atoms with Crippen LogP contribution in [0.1, 0.15) is 16.1 Å². The lowest BCUT2D eigenvalue weighted by molar-refractivity contribution is 0.110. The molecule has 0 spiro atoms. The van der Waals surface area contributed by atoms with Crippen LogP contribution in [0.15, 0.2) is 35.2 Å². The Morgan fingerprint density at radius 2 is 2.29 bits per heavy atom. The van der Waals surface area contributed by atoms with E-state index in [9.17, 15) is 4.79 Å². The van der Waals surface area contributed by atoms with Crippen LogP contribution in [0.2, 0.25) is 0 Å². The van der Waals surface area contributed by atoms with Crippen LogP contribution in [0.25, 0.3) is 11.1 Å². The van der Waals surface area contributed by atoms with E-state index in [0.717, 1.165) is 16.7 Å². The van der Waals surface area contributed by atoms with Crippen molar-refractivity contribution < 1.29 is 9.21 Å². The van der Waals surface area contributed by atoms with E-state index in [1.165, 1.54) is 6.26 Å². The summed E-state index contributed by atoms with van der Waals surface area (Å²) in [5.41, 5.74) is 2.75. The van der Waals surface area contributed by atoms with Crippen molar-refractivity contribution >= 4 is 6.29 Å². The van der Waals surface area contributed by atoms with Gasteiger partial charge in [-0.2, -0.15) is 0 Å². The molecule has 0 saturated heterocycles. The Labute approximate surface area is 81.4 Å². The molecule has 0 atom stereocenters. The molecular weight excluding hydrogens is 178 g/mol. The molecule has 2 rings (SSSR count). The lowest BCUT2D eigenvalue weighted by Gasteiger charge is -1.98. The van der Waals surface area contributed by atoms with E-state index >= 15 is 0 Å². The maximum absolute atomic E-state index is 10.6. The van der Waals surface area contributed by atoms with Crippen LogP contribution in [0.3, 0.4) is 0 Å². The standard InChI is InChI=1S/C11H9NO2/c1-8-4-9(6-12-5-8)10-2-3-14-11(10)7-13/h2-7H,1H3. The van der Waals surface area contributed by atoms with E-state index in [4.69, 9.17) is 4.42 Å². The van der Waals surface area contributed by atoms with Gasteiger partial charge in [-0.25, -0.2) is 0 Å². The summed E-state index contributed by atoms with van der Waals surface area (Å²) in [5.74, 6) is 0.345. The summed E-state index contributed by atoms with van der Waals surface area (Å²) in [6, 6.07) is 3.73. The summed E-state index contributed by atoms with van der Waals surface area (Å²) in [7, 11) is 0. The van der Waals surface area contributed by atoms with Gasteiger partial charge in [0.1, 0.15) is 0 Å². The monoisotopic (exact) mass is 187 g/mol. The van der Waals surface area contributed by atoms with Crippen molar-refractivity contribution in [3.8, 4) is 11.1 Å². The summed E-state index contributed by atoms with van der Waals surface area (Å²) < 4.78 is 5.01. The zero-order valence-electron chi connectivity index (χ0n) is 7.73. The number of aldehydes is 1. The fourth-order valence-corrected chi connectivity index (χ4v) is 1.35. The van der Waals surface area contributed by atoms with Crippen molar-refractivity contribution in [2.24, 2.45) is 0 Å². The smallest absolute Gasteiger partial charge is 0.185 e. The molecule has 3 nitrogen and oxygen atoms in total. The van der Waals surface area contributed by atoms with Crippen LogP contribution in [-0.4, -0.2) is 11.3 Å². The van der Waals surface area contributed by atoms with Crippen molar-refractivity contribution in [1.82, 2.24) is 4.98 Å². The quantitative estimate of drug-likeness (QED) is 0.678. The van der Waals surface area contributed by atoms with E-state index in [0.29, 0.717) is 12.0 Å². The van der Waals surface area contributed by atoms with Gasteiger partial charge < -0.3 is 4.42 Å². The number of carbonyl (C=O) groups is 1. The molecule has 2 heterocycles. The van der Waals surface area contributed by atoms with Crippen LogP contribution in [-0.2, 0) is 0 Å². The number of hydrogen-bond acceptors (Lipinski definition) is 3. The van der Waals surface area contributed by atoms with Gasteiger partial charge in [-0.05, 0) is 24.6 Å². The molecule has 0 N–H and O–H groups in total. The molecule has 2 aromatic heterocycles. The highest BCUT2D eigenvalue weighted by Crippen LogP contribution is 2.23. The summed E-state index contributed by atoms with van der Waals surface area (Å²) in [6.45, 7) is 1.96. The molecule has 0 radical (unpaired) electrons. The van der Waals surface area contributed by atoms with Gasteiger partial charge in [0.05, 0.1) is 6.26 Å². The summed E-state index contributed by atoms with van der Waals surface area (Å²) in [6.07, 6.45) is 5.69. The normalized spacial score (nSPS) is 10.1. The second-order valence-corrected chi connectivity index (χ2v) is 3.07. The Hall–Kier alpha value is -1.90. The van der Waals surface area contributed by atoms with E-state index in [1.807, 2.05) is 13.0 Å². The Bertz CT molecular complexity index is 460.